The average molecular weight is 459 g/mol. The van der Waals surface area contributed by atoms with E-state index in [0.717, 1.165) is 77.8 Å². The van der Waals surface area contributed by atoms with Gasteiger partial charge < -0.3 is 20.4 Å². The fraction of sp³-hybridized carbons (Fsp3) is 0.818. The molecule has 2 amide bonds. The van der Waals surface area contributed by atoms with Gasteiger partial charge in [0.2, 0.25) is 11.8 Å². The molecule has 0 heterocycles. The zero-order valence-corrected chi connectivity index (χ0v) is 21.1. The minimum absolute atomic E-state index is 0.242. The molecule has 0 rings (SSSR count). The van der Waals surface area contributed by atoms with Crippen molar-refractivity contribution in [3.05, 3.63) is 0 Å². The highest BCUT2D eigenvalue weighted by atomic mass is 32.1. The van der Waals surface area contributed by atoms with Crippen LogP contribution in [0.25, 0.3) is 0 Å². The molecule has 174 valence electrons. The Kier molecular flexibility index (Phi) is 17.7. The molecule has 0 aliphatic heterocycles. The zero-order chi connectivity index (χ0) is 22.8. The number of nitrogens with zero attached hydrogens (tertiary/aromatic N) is 2. The van der Waals surface area contributed by atoms with E-state index in [0.29, 0.717) is 22.8 Å². The van der Waals surface area contributed by atoms with Crippen molar-refractivity contribution in [3.8, 4) is 0 Å². The number of thiocarbonyl (C=S) groups is 2. The van der Waals surface area contributed by atoms with E-state index in [1.807, 2.05) is 37.5 Å². The van der Waals surface area contributed by atoms with Crippen LogP contribution in [0.1, 0.15) is 79.1 Å². The molecule has 0 radical (unpaired) electrons. The number of carbonyl (C=O) groups is 2. The molecule has 0 fully saturated rings. The summed E-state index contributed by atoms with van der Waals surface area (Å²) >= 11 is 10.7. The first-order valence-corrected chi connectivity index (χ1v) is 12.3. The zero-order valence-electron chi connectivity index (χ0n) is 19.4. The van der Waals surface area contributed by atoms with Crippen LogP contribution in [0.4, 0.5) is 0 Å². The highest BCUT2D eigenvalue weighted by molar-refractivity contribution is 7.89. The van der Waals surface area contributed by atoms with Gasteiger partial charge in [-0.15, -0.1) is 0 Å². The van der Waals surface area contributed by atoms with Gasteiger partial charge in [-0.3, -0.25) is 9.59 Å². The summed E-state index contributed by atoms with van der Waals surface area (Å²) in [6.07, 6.45) is 6.97. The molecular weight excluding hydrogens is 416 g/mol. The van der Waals surface area contributed by atoms with Gasteiger partial charge in [-0.2, -0.15) is 0 Å². The van der Waals surface area contributed by atoms with Gasteiger partial charge in [0, 0.05) is 52.1 Å². The van der Waals surface area contributed by atoms with Crippen LogP contribution in [0.15, 0.2) is 0 Å². The van der Waals surface area contributed by atoms with Crippen molar-refractivity contribution in [2.45, 2.75) is 79.1 Å². The van der Waals surface area contributed by atoms with Gasteiger partial charge >= 0.3 is 0 Å². The number of nitrogens with one attached hydrogen (secondary N) is 2. The maximum atomic E-state index is 11.9. The van der Waals surface area contributed by atoms with E-state index in [1.165, 1.54) is 0 Å². The van der Waals surface area contributed by atoms with Crippen LogP contribution in [0.5, 0.6) is 0 Å². The summed E-state index contributed by atoms with van der Waals surface area (Å²) in [5.41, 5.74) is 0. The predicted molar refractivity (Wildman–Crippen MR) is 134 cm³/mol. The largest absolute Gasteiger partial charge is 0.374 e. The molecular formula is C22H42N4O2S2. The summed E-state index contributed by atoms with van der Waals surface area (Å²) in [4.78, 5) is 28.8. The number of rotatable bonds is 16. The molecule has 0 aliphatic carbocycles. The lowest BCUT2D eigenvalue weighted by molar-refractivity contribution is -0.131. The number of hydrogen-bond acceptors (Lipinski definition) is 4. The summed E-state index contributed by atoms with van der Waals surface area (Å²) in [5, 5.41) is 6.38. The fourth-order valence-electron chi connectivity index (χ4n) is 3.19. The van der Waals surface area contributed by atoms with Crippen molar-refractivity contribution in [3.63, 3.8) is 0 Å². The molecule has 8 heteroatoms. The monoisotopic (exact) mass is 458 g/mol. The van der Waals surface area contributed by atoms with E-state index < -0.39 is 0 Å². The lowest BCUT2D eigenvalue weighted by Crippen LogP contribution is -2.38. The number of unbranched alkanes of at least 4 members (excludes halogenated alkanes) is 4. The van der Waals surface area contributed by atoms with Gasteiger partial charge in [0.05, 0.1) is 0 Å². The fourth-order valence-corrected chi connectivity index (χ4v) is 3.54. The Bertz CT molecular complexity index is 475. The molecule has 0 aromatic heterocycles. The first kappa shape index (κ1) is 28.7. The van der Waals surface area contributed by atoms with Gasteiger partial charge in [0.25, 0.3) is 0 Å². The molecule has 0 saturated heterocycles. The topological polar surface area (TPSA) is 64.7 Å². The third-order valence-corrected chi connectivity index (χ3v) is 5.97. The van der Waals surface area contributed by atoms with Gasteiger partial charge in [0.1, 0.15) is 9.98 Å². The Hall–Kier alpha value is -1.28. The van der Waals surface area contributed by atoms with Crippen LogP contribution in [0.3, 0.4) is 0 Å². The van der Waals surface area contributed by atoms with E-state index >= 15 is 0 Å². The van der Waals surface area contributed by atoms with E-state index in [9.17, 15) is 9.59 Å². The predicted octanol–water partition coefficient (Wildman–Crippen LogP) is 3.68. The molecule has 2 N–H and O–H groups in total. The lowest BCUT2D eigenvalue weighted by atomic mass is 10.1. The van der Waals surface area contributed by atoms with Crippen molar-refractivity contribution in [2.24, 2.45) is 0 Å². The summed E-state index contributed by atoms with van der Waals surface area (Å²) in [5.74, 6) is 0.484. The SMILES string of the molecule is CCN(CC)C(=O)CCCCCNC(=S)C(=S)NCCCCCC(=O)N(CC)CC. The minimum atomic E-state index is 0.242. The molecule has 0 spiro atoms. The number of hydrogen-bond donors (Lipinski definition) is 2. The van der Waals surface area contributed by atoms with Crippen LogP contribution in [-0.4, -0.2) is 70.9 Å². The molecule has 0 unspecified atom stereocenters. The summed E-state index contributed by atoms with van der Waals surface area (Å²) in [6.45, 7) is 12.7. The quantitative estimate of drug-likeness (QED) is 0.272. The van der Waals surface area contributed by atoms with Crippen LogP contribution in [-0.2, 0) is 9.59 Å². The second-order valence-corrected chi connectivity index (χ2v) is 8.08. The first-order chi connectivity index (χ1) is 14.4. The summed E-state index contributed by atoms with van der Waals surface area (Å²) < 4.78 is 0. The molecule has 6 nitrogen and oxygen atoms in total. The summed E-state index contributed by atoms with van der Waals surface area (Å²) in [7, 11) is 0. The van der Waals surface area contributed by atoms with Crippen molar-refractivity contribution in [2.75, 3.05) is 39.3 Å². The van der Waals surface area contributed by atoms with E-state index in [2.05, 4.69) is 10.6 Å². The normalized spacial score (nSPS) is 10.4. The second kappa shape index (κ2) is 18.5. The maximum absolute atomic E-state index is 11.9. The Morgan fingerprint density at radius 1 is 0.600 bits per heavy atom. The molecule has 0 aromatic rings. The Balaban J connectivity index is 3.70. The highest BCUT2D eigenvalue weighted by Gasteiger charge is 2.09. The van der Waals surface area contributed by atoms with Gasteiger partial charge in [0.15, 0.2) is 0 Å². The first-order valence-electron chi connectivity index (χ1n) is 11.5. The Morgan fingerprint density at radius 2 is 0.933 bits per heavy atom. The van der Waals surface area contributed by atoms with Crippen molar-refractivity contribution in [1.82, 2.24) is 20.4 Å². The summed E-state index contributed by atoms with van der Waals surface area (Å²) in [6, 6.07) is 0. The molecule has 0 aliphatic rings. The molecule has 0 saturated carbocycles. The number of amides is 2. The number of carbonyl (C=O) groups excluding carboxylic acids is 2. The maximum Gasteiger partial charge on any atom is 0.222 e. The van der Waals surface area contributed by atoms with E-state index in [-0.39, 0.29) is 11.8 Å². The molecule has 30 heavy (non-hydrogen) atoms. The molecule has 0 bridgehead atoms. The van der Waals surface area contributed by atoms with Gasteiger partial charge in [-0.05, 0) is 53.4 Å². The third-order valence-electron chi connectivity index (χ3n) is 5.14. The van der Waals surface area contributed by atoms with Crippen molar-refractivity contribution < 1.29 is 9.59 Å². The third kappa shape index (κ3) is 13.1. The van der Waals surface area contributed by atoms with Gasteiger partial charge in [-0.1, -0.05) is 37.3 Å². The average Bonchev–Trinajstić information content (AvgIpc) is 2.74. The minimum Gasteiger partial charge on any atom is -0.374 e. The van der Waals surface area contributed by atoms with Crippen LogP contribution in [0, 0.1) is 0 Å². The standard InChI is InChI=1S/C22H42N4O2S2/c1-5-25(6-2)19(27)15-11-9-13-17-23-21(29)22(30)24-18-14-10-12-16-20(28)26(7-3)8-4/h5-18H2,1-4H3,(H,23,29)(H,24,30). The van der Waals surface area contributed by atoms with E-state index in [4.69, 9.17) is 24.4 Å². The Morgan fingerprint density at radius 3 is 1.23 bits per heavy atom. The lowest BCUT2D eigenvalue weighted by Gasteiger charge is -2.18. The van der Waals surface area contributed by atoms with Crippen LogP contribution in [0.2, 0.25) is 0 Å². The van der Waals surface area contributed by atoms with Crippen LogP contribution < -0.4 is 10.6 Å². The van der Waals surface area contributed by atoms with Crippen molar-refractivity contribution >= 4 is 46.2 Å². The smallest absolute Gasteiger partial charge is 0.222 e. The van der Waals surface area contributed by atoms with Crippen LogP contribution >= 0.6 is 24.4 Å². The van der Waals surface area contributed by atoms with Gasteiger partial charge in [-0.25, -0.2) is 0 Å². The molecule has 0 aromatic carbocycles. The van der Waals surface area contributed by atoms with Crippen molar-refractivity contribution in [1.29, 1.82) is 0 Å². The Labute approximate surface area is 194 Å². The highest BCUT2D eigenvalue weighted by Crippen LogP contribution is 2.04. The second-order valence-electron chi connectivity index (χ2n) is 7.27. The molecule has 0 atom stereocenters. The van der Waals surface area contributed by atoms with E-state index in [1.54, 1.807) is 0 Å².